The Morgan fingerprint density at radius 2 is 1.97 bits per heavy atom. The molecular formula is C23H37N5O. The van der Waals surface area contributed by atoms with Crippen molar-refractivity contribution in [3.63, 3.8) is 0 Å². The molecule has 0 spiro atoms. The molecule has 2 heterocycles. The average Bonchev–Trinajstić information content (AvgIpc) is 3.11. The lowest BCUT2D eigenvalue weighted by Crippen LogP contribution is -2.48. The molecule has 2 N–H and O–H groups in total. The normalized spacial score (nSPS) is 19.2. The van der Waals surface area contributed by atoms with E-state index >= 15 is 0 Å². The zero-order valence-corrected chi connectivity index (χ0v) is 18.3. The van der Waals surface area contributed by atoms with Gasteiger partial charge in [0.05, 0.1) is 0 Å². The monoisotopic (exact) mass is 399 g/mol. The fraction of sp³-hybridized carbons (Fsp3) is 0.652. The number of guanidine groups is 1. The van der Waals surface area contributed by atoms with Crippen molar-refractivity contribution in [2.45, 2.75) is 58.7 Å². The Morgan fingerprint density at radius 3 is 2.62 bits per heavy atom. The first-order chi connectivity index (χ1) is 14.0. The number of likely N-dealkylation sites (tertiary alicyclic amines) is 2. The van der Waals surface area contributed by atoms with Gasteiger partial charge in [-0.15, -0.1) is 0 Å². The van der Waals surface area contributed by atoms with Gasteiger partial charge in [0, 0.05) is 58.8 Å². The highest BCUT2D eigenvalue weighted by Crippen LogP contribution is 2.15. The number of nitrogens with zero attached hydrogens (tertiary/aromatic N) is 3. The molecule has 0 aliphatic carbocycles. The molecule has 0 unspecified atom stereocenters. The van der Waals surface area contributed by atoms with Crippen LogP contribution in [0.25, 0.3) is 0 Å². The standard InChI is InChI=1S/C23H37N5O/c1-18(2)16-27-12-9-21(10-13-27)26-23(24-3)25-15-19-6-4-7-20(14-19)17-28-11-5-8-22(28)29/h4,6-7,14,18,21H,5,8-13,15-17H2,1-3H3,(H2,24,25,26). The minimum atomic E-state index is 0.276. The fourth-order valence-corrected chi connectivity index (χ4v) is 4.28. The van der Waals surface area contributed by atoms with Gasteiger partial charge < -0.3 is 20.4 Å². The Bertz CT molecular complexity index is 694. The molecule has 1 aromatic rings. The highest BCUT2D eigenvalue weighted by Gasteiger charge is 2.21. The van der Waals surface area contributed by atoms with E-state index in [1.54, 1.807) is 0 Å². The Balaban J connectivity index is 1.45. The van der Waals surface area contributed by atoms with Gasteiger partial charge >= 0.3 is 0 Å². The molecule has 0 atom stereocenters. The molecule has 2 aliphatic rings. The van der Waals surface area contributed by atoms with E-state index in [0.717, 1.165) is 57.3 Å². The van der Waals surface area contributed by atoms with E-state index in [1.165, 1.54) is 17.7 Å². The second kappa shape index (κ2) is 10.6. The summed E-state index contributed by atoms with van der Waals surface area (Å²) in [5, 5.41) is 7.04. The summed E-state index contributed by atoms with van der Waals surface area (Å²) in [6.07, 6.45) is 4.00. The molecule has 2 aliphatic heterocycles. The van der Waals surface area contributed by atoms with Crippen molar-refractivity contribution in [2.24, 2.45) is 10.9 Å². The maximum Gasteiger partial charge on any atom is 0.222 e. The summed E-state index contributed by atoms with van der Waals surface area (Å²) in [6.45, 7) is 10.4. The number of carbonyl (C=O) groups is 1. The number of aliphatic imine (C=N–C) groups is 1. The molecule has 0 radical (unpaired) electrons. The summed E-state index contributed by atoms with van der Waals surface area (Å²) in [5.74, 6) is 1.87. The Labute approximate surface area is 175 Å². The predicted octanol–water partition coefficient (Wildman–Crippen LogP) is 2.59. The van der Waals surface area contributed by atoms with Crippen LogP contribution in [-0.2, 0) is 17.9 Å². The molecular weight excluding hydrogens is 362 g/mol. The first-order valence-corrected chi connectivity index (χ1v) is 11.1. The van der Waals surface area contributed by atoms with E-state index in [9.17, 15) is 4.79 Å². The summed E-state index contributed by atoms with van der Waals surface area (Å²) < 4.78 is 0. The maximum atomic E-state index is 11.9. The number of benzene rings is 1. The van der Waals surface area contributed by atoms with E-state index in [2.05, 4.69) is 58.6 Å². The van der Waals surface area contributed by atoms with Crippen LogP contribution < -0.4 is 10.6 Å². The minimum absolute atomic E-state index is 0.276. The van der Waals surface area contributed by atoms with E-state index in [-0.39, 0.29) is 5.91 Å². The quantitative estimate of drug-likeness (QED) is 0.547. The molecule has 160 valence electrons. The minimum Gasteiger partial charge on any atom is -0.354 e. The molecule has 0 aromatic heterocycles. The van der Waals surface area contributed by atoms with Gasteiger partial charge in [0.1, 0.15) is 0 Å². The summed E-state index contributed by atoms with van der Waals surface area (Å²) in [7, 11) is 1.83. The SMILES string of the molecule is CN=C(NCc1cccc(CN2CCCC2=O)c1)NC1CCN(CC(C)C)CC1. The lowest BCUT2D eigenvalue weighted by atomic mass is 10.0. The van der Waals surface area contributed by atoms with Gasteiger partial charge in [0.15, 0.2) is 5.96 Å². The van der Waals surface area contributed by atoms with Crippen LogP contribution in [0.1, 0.15) is 50.7 Å². The third-order valence-corrected chi connectivity index (χ3v) is 5.77. The first-order valence-electron chi connectivity index (χ1n) is 11.1. The van der Waals surface area contributed by atoms with Crippen LogP contribution >= 0.6 is 0 Å². The Morgan fingerprint density at radius 1 is 1.21 bits per heavy atom. The number of nitrogens with one attached hydrogen (secondary N) is 2. The molecule has 6 nitrogen and oxygen atoms in total. The van der Waals surface area contributed by atoms with Crippen LogP contribution in [0.4, 0.5) is 0 Å². The molecule has 0 saturated carbocycles. The van der Waals surface area contributed by atoms with Crippen molar-refractivity contribution in [1.82, 2.24) is 20.4 Å². The largest absolute Gasteiger partial charge is 0.354 e. The summed E-state index contributed by atoms with van der Waals surface area (Å²) in [5.41, 5.74) is 2.41. The maximum absolute atomic E-state index is 11.9. The van der Waals surface area contributed by atoms with Crippen molar-refractivity contribution < 1.29 is 4.79 Å². The summed E-state index contributed by atoms with van der Waals surface area (Å²) in [6, 6.07) is 8.98. The van der Waals surface area contributed by atoms with Crippen LogP contribution in [0.5, 0.6) is 0 Å². The highest BCUT2D eigenvalue weighted by molar-refractivity contribution is 5.80. The van der Waals surface area contributed by atoms with Crippen LogP contribution in [0.2, 0.25) is 0 Å². The van der Waals surface area contributed by atoms with E-state index in [1.807, 2.05) is 11.9 Å². The number of amides is 1. The number of piperidine rings is 1. The number of rotatable bonds is 7. The lowest BCUT2D eigenvalue weighted by Gasteiger charge is -2.34. The summed E-state index contributed by atoms with van der Waals surface area (Å²) >= 11 is 0. The van der Waals surface area contributed by atoms with Crippen LogP contribution in [0.15, 0.2) is 29.3 Å². The predicted molar refractivity (Wildman–Crippen MR) is 119 cm³/mol. The Kier molecular flexibility index (Phi) is 7.92. The summed E-state index contributed by atoms with van der Waals surface area (Å²) in [4.78, 5) is 20.8. The van der Waals surface area contributed by atoms with Crippen molar-refractivity contribution in [2.75, 3.05) is 33.2 Å². The van der Waals surface area contributed by atoms with Crippen LogP contribution in [-0.4, -0.2) is 60.9 Å². The van der Waals surface area contributed by atoms with Crippen molar-refractivity contribution in [3.05, 3.63) is 35.4 Å². The van der Waals surface area contributed by atoms with Crippen molar-refractivity contribution in [1.29, 1.82) is 0 Å². The van der Waals surface area contributed by atoms with E-state index < -0.39 is 0 Å². The zero-order valence-electron chi connectivity index (χ0n) is 18.3. The van der Waals surface area contributed by atoms with E-state index in [4.69, 9.17) is 0 Å². The van der Waals surface area contributed by atoms with Crippen molar-refractivity contribution in [3.8, 4) is 0 Å². The smallest absolute Gasteiger partial charge is 0.222 e. The highest BCUT2D eigenvalue weighted by atomic mass is 16.2. The third-order valence-electron chi connectivity index (χ3n) is 5.77. The Hall–Kier alpha value is -2.08. The number of carbonyl (C=O) groups excluding carboxylic acids is 1. The second-order valence-electron chi connectivity index (χ2n) is 8.78. The van der Waals surface area contributed by atoms with Gasteiger partial charge in [-0.25, -0.2) is 0 Å². The molecule has 2 fully saturated rings. The second-order valence-corrected chi connectivity index (χ2v) is 8.78. The fourth-order valence-electron chi connectivity index (χ4n) is 4.28. The topological polar surface area (TPSA) is 60.0 Å². The first kappa shape index (κ1) is 21.6. The molecule has 1 aromatic carbocycles. The van der Waals surface area contributed by atoms with Gasteiger partial charge in [-0.05, 0) is 36.3 Å². The van der Waals surface area contributed by atoms with Crippen LogP contribution in [0.3, 0.4) is 0 Å². The molecule has 1 amide bonds. The molecule has 0 bridgehead atoms. The molecule has 6 heteroatoms. The lowest BCUT2D eigenvalue weighted by molar-refractivity contribution is -0.128. The third kappa shape index (κ3) is 6.74. The average molecular weight is 400 g/mol. The molecule has 3 rings (SSSR count). The molecule has 2 saturated heterocycles. The van der Waals surface area contributed by atoms with E-state index in [0.29, 0.717) is 19.0 Å². The van der Waals surface area contributed by atoms with Gasteiger partial charge in [0.2, 0.25) is 5.91 Å². The van der Waals surface area contributed by atoms with Gasteiger partial charge in [-0.2, -0.15) is 0 Å². The van der Waals surface area contributed by atoms with Gasteiger partial charge in [-0.3, -0.25) is 9.79 Å². The zero-order chi connectivity index (χ0) is 20.6. The van der Waals surface area contributed by atoms with Crippen molar-refractivity contribution >= 4 is 11.9 Å². The molecule has 29 heavy (non-hydrogen) atoms. The van der Waals surface area contributed by atoms with Gasteiger partial charge in [-0.1, -0.05) is 38.1 Å². The number of hydrogen-bond donors (Lipinski definition) is 2. The van der Waals surface area contributed by atoms with Crippen LogP contribution in [0, 0.1) is 5.92 Å². The number of hydrogen-bond acceptors (Lipinski definition) is 3. The van der Waals surface area contributed by atoms with Gasteiger partial charge in [0.25, 0.3) is 0 Å².